The molecule has 0 saturated heterocycles. The summed E-state index contributed by atoms with van der Waals surface area (Å²) < 4.78 is 6.60. The summed E-state index contributed by atoms with van der Waals surface area (Å²) in [5.74, 6) is 4.04. The van der Waals surface area contributed by atoms with Crippen LogP contribution < -0.4 is 4.74 Å². The molecule has 35 heavy (non-hydrogen) atoms. The van der Waals surface area contributed by atoms with E-state index < -0.39 is 0 Å². The zero-order chi connectivity index (χ0) is 26.2. The Kier molecular flexibility index (Phi) is 11.7. The Hall–Kier alpha value is -1.44. The fourth-order valence-corrected chi connectivity index (χ4v) is 5.64. The molecule has 0 saturated carbocycles. The Bertz CT molecular complexity index is 834. The summed E-state index contributed by atoms with van der Waals surface area (Å²) in [5, 5.41) is 10.4. The van der Waals surface area contributed by atoms with E-state index in [1.54, 1.807) is 0 Å². The monoisotopic (exact) mass is 484 g/mol. The van der Waals surface area contributed by atoms with Crippen molar-refractivity contribution < 1.29 is 9.84 Å². The highest BCUT2D eigenvalue weighted by Crippen LogP contribution is 2.44. The fraction of sp³-hybridized carbons (Fsp3) is 0.758. The highest BCUT2D eigenvalue weighted by molar-refractivity contribution is 5.58. The zero-order valence-corrected chi connectivity index (χ0v) is 24.7. The van der Waals surface area contributed by atoms with Gasteiger partial charge in [-0.3, -0.25) is 0 Å². The van der Waals surface area contributed by atoms with E-state index in [2.05, 4.69) is 54.5 Å². The average Bonchev–Trinajstić information content (AvgIpc) is 2.80. The molecule has 1 aromatic rings. The van der Waals surface area contributed by atoms with Gasteiger partial charge in [0, 0.05) is 12.0 Å². The smallest absolute Gasteiger partial charge is 0.127 e. The second-order valence-corrected chi connectivity index (χ2v) is 12.7. The van der Waals surface area contributed by atoms with E-state index >= 15 is 0 Å². The van der Waals surface area contributed by atoms with Crippen molar-refractivity contribution in [1.82, 2.24) is 0 Å². The summed E-state index contributed by atoms with van der Waals surface area (Å²) in [6.07, 6.45) is 17.6. The molecular formula is C33H56O2. The van der Waals surface area contributed by atoms with Crippen molar-refractivity contribution in [1.29, 1.82) is 0 Å². The molecule has 1 aliphatic rings. The maximum absolute atomic E-state index is 10.4. The van der Waals surface area contributed by atoms with Crippen LogP contribution in [0.5, 0.6) is 11.5 Å². The van der Waals surface area contributed by atoms with Gasteiger partial charge in [0.25, 0.3) is 0 Å². The highest BCUT2D eigenvalue weighted by atomic mass is 16.5. The van der Waals surface area contributed by atoms with E-state index in [0.717, 1.165) is 59.5 Å². The summed E-state index contributed by atoms with van der Waals surface area (Å²) in [4.78, 5) is 0. The number of phenolic OH excluding ortho intramolecular Hbond substituents is 1. The third kappa shape index (κ3) is 9.18. The summed E-state index contributed by atoms with van der Waals surface area (Å²) in [7, 11) is 0. The first-order valence-corrected chi connectivity index (χ1v) is 14.6. The van der Waals surface area contributed by atoms with Crippen LogP contribution in [-0.2, 0) is 6.42 Å². The molecule has 1 unspecified atom stereocenters. The van der Waals surface area contributed by atoms with Gasteiger partial charge >= 0.3 is 0 Å². The van der Waals surface area contributed by atoms with Gasteiger partial charge in [-0.05, 0) is 94.7 Å². The molecular weight excluding hydrogens is 428 g/mol. The summed E-state index contributed by atoms with van der Waals surface area (Å²) in [6, 6.07) is 0. The van der Waals surface area contributed by atoms with Gasteiger partial charge in [-0.15, -0.1) is 0 Å². The second-order valence-electron chi connectivity index (χ2n) is 12.7. The minimum Gasteiger partial charge on any atom is -0.507 e. The van der Waals surface area contributed by atoms with Crippen LogP contribution in [0.4, 0.5) is 0 Å². The van der Waals surface area contributed by atoms with Gasteiger partial charge in [-0.2, -0.15) is 0 Å². The Morgan fingerprint density at radius 3 is 2.06 bits per heavy atom. The van der Waals surface area contributed by atoms with Crippen LogP contribution in [0.2, 0.25) is 0 Å². The topological polar surface area (TPSA) is 29.5 Å². The number of aromatic hydroxyl groups is 1. The number of rotatable bonds is 14. The minimum absolute atomic E-state index is 0.159. The lowest BCUT2D eigenvalue weighted by atomic mass is 9.85. The maximum Gasteiger partial charge on any atom is 0.127 e. The summed E-state index contributed by atoms with van der Waals surface area (Å²) >= 11 is 0. The summed E-state index contributed by atoms with van der Waals surface area (Å²) in [5.41, 5.74) is 5.57. The number of ether oxygens (including phenoxy) is 1. The molecule has 0 bridgehead atoms. The Balaban J connectivity index is 1.72. The van der Waals surface area contributed by atoms with Crippen molar-refractivity contribution >= 4 is 0 Å². The molecule has 0 amide bonds. The first-order valence-electron chi connectivity index (χ1n) is 14.6. The van der Waals surface area contributed by atoms with Crippen LogP contribution in [0.15, 0.2) is 11.6 Å². The predicted molar refractivity (Wildman–Crippen MR) is 153 cm³/mol. The lowest BCUT2D eigenvalue weighted by Crippen LogP contribution is -2.36. The van der Waals surface area contributed by atoms with Crippen molar-refractivity contribution in [2.24, 2.45) is 17.8 Å². The number of allylic oxidation sites excluding steroid dienone is 1. The molecule has 0 aliphatic carbocycles. The predicted octanol–water partition coefficient (Wildman–Crippen LogP) is 10.2. The third-order valence-corrected chi connectivity index (χ3v) is 8.62. The van der Waals surface area contributed by atoms with Crippen molar-refractivity contribution in [3.63, 3.8) is 0 Å². The molecule has 2 nitrogen and oxygen atoms in total. The van der Waals surface area contributed by atoms with Crippen LogP contribution in [-0.4, -0.2) is 10.7 Å². The molecule has 3 atom stereocenters. The SMILES string of the molecule is C/C(=C\CC1(C)CCc2c(C)c(O)c(C)c(C)c2O1)CCC[C@H](C)CCC[C@H](C)CCCC(C)C. The first-order chi connectivity index (χ1) is 16.4. The largest absolute Gasteiger partial charge is 0.507 e. The minimum atomic E-state index is -0.159. The highest BCUT2D eigenvalue weighted by Gasteiger charge is 2.33. The number of fused-ring (bicyclic) bond motifs is 1. The zero-order valence-electron chi connectivity index (χ0n) is 24.7. The number of benzene rings is 1. The van der Waals surface area contributed by atoms with E-state index in [4.69, 9.17) is 4.74 Å². The standard InChI is InChI=1S/C33H56O2/c1-23(2)13-10-14-24(3)15-11-16-25(4)17-12-18-26(5)19-21-33(9)22-20-30-29(8)31(34)27(6)28(7)32(30)35-33/h19,23-25,34H,10-18,20-22H2,1-9H3/b26-19+/t24-,25-,33?/m1/s1. The molecule has 1 aliphatic heterocycles. The van der Waals surface area contributed by atoms with Gasteiger partial charge in [0.2, 0.25) is 0 Å². The van der Waals surface area contributed by atoms with E-state index in [0.29, 0.717) is 5.75 Å². The Morgan fingerprint density at radius 1 is 0.886 bits per heavy atom. The normalized spacial score (nSPS) is 20.0. The number of phenols is 1. The van der Waals surface area contributed by atoms with Crippen LogP contribution in [0, 0.1) is 38.5 Å². The fourth-order valence-electron chi connectivity index (χ4n) is 5.64. The quantitative estimate of drug-likeness (QED) is 0.266. The molecule has 200 valence electrons. The Morgan fingerprint density at radius 2 is 1.46 bits per heavy atom. The maximum atomic E-state index is 10.4. The van der Waals surface area contributed by atoms with Gasteiger partial charge in [-0.25, -0.2) is 0 Å². The lowest BCUT2D eigenvalue weighted by Gasteiger charge is -2.37. The van der Waals surface area contributed by atoms with E-state index in [1.807, 2.05) is 13.8 Å². The molecule has 1 aromatic carbocycles. The molecule has 2 rings (SSSR count). The summed E-state index contributed by atoms with van der Waals surface area (Å²) in [6.45, 7) is 20.2. The van der Waals surface area contributed by atoms with Crippen LogP contribution in [0.25, 0.3) is 0 Å². The van der Waals surface area contributed by atoms with Gasteiger partial charge < -0.3 is 9.84 Å². The first kappa shape index (κ1) is 29.8. The average molecular weight is 485 g/mol. The molecule has 0 fully saturated rings. The third-order valence-electron chi connectivity index (χ3n) is 8.62. The molecule has 1 heterocycles. The molecule has 0 aromatic heterocycles. The van der Waals surface area contributed by atoms with Crippen molar-refractivity contribution in [3.8, 4) is 11.5 Å². The van der Waals surface area contributed by atoms with Crippen LogP contribution in [0.3, 0.4) is 0 Å². The van der Waals surface area contributed by atoms with Crippen molar-refractivity contribution in [3.05, 3.63) is 33.9 Å². The van der Waals surface area contributed by atoms with Gasteiger partial charge in [0.1, 0.15) is 17.1 Å². The molecule has 0 spiro atoms. The van der Waals surface area contributed by atoms with E-state index in [1.165, 1.54) is 68.9 Å². The lowest BCUT2D eigenvalue weighted by molar-refractivity contribution is 0.0665. The second kappa shape index (κ2) is 13.8. The number of hydrogen-bond donors (Lipinski definition) is 1. The van der Waals surface area contributed by atoms with Crippen molar-refractivity contribution in [2.75, 3.05) is 0 Å². The van der Waals surface area contributed by atoms with Crippen molar-refractivity contribution in [2.45, 2.75) is 145 Å². The molecule has 0 radical (unpaired) electrons. The molecule has 1 N–H and O–H groups in total. The van der Waals surface area contributed by atoms with Gasteiger partial charge in [-0.1, -0.05) is 84.3 Å². The number of hydrogen-bond acceptors (Lipinski definition) is 2. The Labute approximate surface area is 217 Å². The molecule has 2 heteroatoms. The van der Waals surface area contributed by atoms with Gasteiger partial charge in [0.05, 0.1) is 0 Å². The van der Waals surface area contributed by atoms with Gasteiger partial charge in [0.15, 0.2) is 0 Å². The van der Waals surface area contributed by atoms with Crippen LogP contribution in [0.1, 0.15) is 134 Å². The van der Waals surface area contributed by atoms with Crippen LogP contribution >= 0.6 is 0 Å². The van der Waals surface area contributed by atoms with E-state index in [-0.39, 0.29) is 5.60 Å². The van der Waals surface area contributed by atoms with E-state index in [9.17, 15) is 5.11 Å².